The molecule has 0 amide bonds. The quantitative estimate of drug-likeness (QED) is 0.276. The van der Waals surface area contributed by atoms with E-state index in [1.54, 1.807) is 0 Å². The van der Waals surface area contributed by atoms with Gasteiger partial charge < -0.3 is 9.47 Å². The lowest BCUT2D eigenvalue weighted by atomic mass is 9.34. The minimum Gasteiger partial charge on any atom is -0.458 e. The Hall–Kier alpha value is -4.83. The summed E-state index contributed by atoms with van der Waals surface area (Å²) in [6, 6.07) is 39.9. The summed E-state index contributed by atoms with van der Waals surface area (Å²) < 4.78 is 13.0. The van der Waals surface area contributed by atoms with Crippen molar-refractivity contribution >= 4 is 34.0 Å². The van der Waals surface area contributed by atoms with E-state index in [1.165, 1.54) is 10.9 Å². The molecule has 3 heterocycles. The third-order valence-corrected chi connectivity index (χ3v) is 7.43. The maximum Gasteiger partial charge on any atom is 0.260 e. The van der Waals surface area contributed by atoms with Gasteiger partial charge in [0.15, 0.2) is 0 Å². The van der Waals surface area contributed by atoms with E-state index in [-0.39, 0.29) is 6.71 Å². The molecule has 0 radical (unpaired) electrons. The van der Waals surface area contributed by atoms with Crippen LogP contribution < -0.4 is 25.9 Å². The average Bonchev–Trinajstić information content (AvgIpc) is 2.97. The summed E-state index contributed by atoms with van der Waals surface area (Å²) in [6.45, 7) is 0.0627. The van der Waals surface area contributed by atoms with Gasteiger partial charge in [0, 0.05) is 28.2 Å². The number of benzene rings is 5. The van der Waals surface area contributed by atoms with Crippen LogP contribution in [0, 0.1) is 0 Å². The van der Waals surface area contributed by atoms with Crippen LogP contribution in [0.1, 0.15) is 0 Å². The second kappa shape index (κ2) is 7.84. The Labute approximate surface area is 215 Å². The van der Waals surface area contributed by atoms with Crippen LogP contribution in [0.25, 0.3) is 33.2 Å². The lowest BCUT2D eigenvalue weighted by molar-refractivity contribution is 0.465. The van der Waals surface area contributed by atoms with E-state index >= 15 is 0 Å². The molecule has 172 valence electrons. The number of rotatable bonds is 2. The maximum absolute atomic E-state index is 6.64. The van der Waals surface area contributed by atoms with Gasteiger partial charge in [-0.1, -0.05) is 72.8 Å². The van der Waals surface area contributed by atoms with Crippen molar-refractivity contribution in [3.05, 3.63) is 121 Å². The van der Waals surface area contributed by atoms with Crippen LogP contribution in [0.4, 0.5) is 0 Å². The third-order valence-electron chi connectivity index (χ3n) is 7.43. The third kappa shape index (κ3) is 3.12. The summed E-state index contributed by atoms with van der Waals surface area (Å²) in [5.74, 6) is 3.52. The first-order valence-corrected chi connectivity index (χ1v) is 12.5. The molecule has 0 saturated heterocycles. The molecule has 0 bridgehead atoms. The molecule has 1 aromatic heterocycles. The van der Waals surface area contributed by atoms with Gasteiger partial charge in [0.05, 0.1) is 5.52 Å². The van der Waals surface area contributed by atoms with Gasteiger partial charge in [0.1, 0.15) is 23.0 Å². The number of hydrogen-bond donors (Lipinski definition) is 0. The van der Waals surface area contributed by atoms with Crippen molar-refractivity contribution in [1.82, 2.24) is 4.98 Å². The Balaban J connectivity index is 1.31. The second-order valence-corrected chi connectivity index (χ2v) is 9.56. The van der Waals surface area contributed by atoms with Gasteiger partial charge in [0.25, 0.3) is 6.71 Å². The topological polar surface area (TPSA) is 31.4 Å². The van der Waals surface area contributed by atoms with Crippen molar-refractivity contribution < 1.29 is 9.47 Å². The standard InChI is InChI=1S/C33H20BNO2/c1-4-13-28-23(8-1)19-24(20-35-28)21-9-7-10-22(18-21)25-16-17-31-32-33(25)37-30-15-6-3-12-27(30)34(32)26-11-2-5-14-29(26)36-31/h1-20H. The van der Waals surface area contributed by atoms with E-state index in [0.29, 0.717) is 0 Å². The molecule has 0 aliphatic carbocycles. The predicted molar refractivity (Wildman–Crippen MR) is 150 cm³/mol. The maximum atomic E-state index is 6.64. The van der Waals surface area contributed by atoms with Gasteiger partial charge in [0.2, 0.25) is 0 Å². The van der Waals surface area contributed by atoms with Crippen molar-refractivity contribution in [2.45, 2.75) is 0 Å². The molecular weight excluding hydrogens is 453 g/mol. The van der Waals surface area contributed by atoms with Crippen LogP contribution in [-0.2, 0) is 0 Å². The van der Waals surface area contributed by atoms with Crippen molar-refractivity contribution in [2.24, 2.45) is 0 Å². The molecule has 0 unspecified atom stereocenters. The van der Waals surface area contributed by atoms with Gasteiger partial charge in [-0.25, -0.2) is 0 Å². The summed E-state index contributed by atoms with van der Waals surface area (Å²) in [4.78, 5) is 4.68. The van der Waals surface area contributed by atoms with Gasteiger partial charge in [-0.2, -0.15) is 0 Å². The monoisotopic (exact) mass is 473 g/mol. The molecule has 0 saturated carbocycles. The Morgan fingerprint density at radius 2 is 1.27 bits per heavy atom. The average molecular weight is 473 g/mol. The minimum atomic E-state index is 0.0627. The molecule has 0 N–H and O–H groups in total. The normalized spacial score (nSPS) is 12.7. The summed E-state index contributed by atoms with van der Waals surface area (Å²) in [7, 11) is 0. The zero-order valence-electron chi connectivity index (χ0n) is 19.9. The van der Waals surface area contributed by atoms with Crippen LogP contribution in [0.15, 0.2) is 121 Å². The van der Waals surface area contributed by atoms with Crippen LogP contribution in [0.3, 0.4) is 0 Å². The summed E-state index contributed by atoms with van der Waals surface area (Å²) in [6.07, 6.45) is 1.95. The van der Waals surface area contributed by atoms with E-state index in [2.05, 4.69) is 83.8 Å². The molecule has 2 aliphatic heterocycles. The number of para-hydroxylation sites is 3. The fourth-order valence-corrected chi connectivity index (χ4v) is 5.71. The molecule has 0 atom stereocenters. The SMILES string of the molecule is c1cc(-c2cnc3ccccc3c2)cc(-c2ccc3c4c2Oc2ccccc2B4c2ccccc2O3)c1. The summed E-state index contributed by atoms with van der Waals surface area (Å²) in [5.41, 5.74) is 8.79. The summed E-state index contributed by atoms with van der Waals surface area (Å²) in [5, 5.41) is 1.13. The van der Waals surface area contributed by atoms with Crippen molar-refractivity contribution in [2.75, 3.05) is 0 Å². The molecule has 2 aliphatic rings. The molecule has 0 fully saturated rings. The van der Waals surface area contributed by atoms with Gasteiger partial charge in [-0.05, 0) is 64.5 Å². The van der Waals surface area contributed by atoms with Crippen LogP contribution in [0.5, 0.6) is 23.0 Å². The van der Waals surface area contributed by atoms with Crippen molar-refractivity contribution in [3.63, 3.8) is 0 Å². The zero-order valence-corrected chi connectivity index (χ0v) is 19.9. The molecular formula is C33H20BNO2. The van der Waals surface area contributed by atoms with Gasteiger partial charge in [-0.3, -0.25) is 4.98 Å². The smallest absolute Gasteiger partial charge is 0.260 e. The number of ether oxygens (including phenoxy) is 2. The Bertz CT molecular complexity index is 1850. The first kappa shape index (κ1) is 20.4. The van der Waals surface area contributed by atoms with E-state index < -0.39 is 0 Å². The number of fused-ring (bicyclic) bond motifs is 5. The summed E-state index contributed by atoms with van der Waals surface area (Å²) >= 11 is 0. The van der Waals surface area contributed by atoms with Crippen molar-refractivity contribution in [1.29, 1.82) is 0 Å². The van der Waals surface area contributed by atoms with Crippen LogP contribution >= 0.6 is 0 Å². The lowest BCUT2D eigenvalue weighted by Crippen LogP contribution is -2.57. The first-order chi connectivity index (χ1) is 18.3. The zero-order chi connectivity index (χ0) is 24.3. The molecule has 6 aromatic rings. The minimum absolute atomic E-state index is 0.0627. The first-order valence-electron chi connectivity index (χ1n) is 12.5. The van der Waals surface area contributed by atoms with Gasteiger partial charge >= 0.3 is 0 Å². The van der Waals surface area contributed by atoms with E-state index in [0.717, 1.165) is 61.6 Å². The largest absolute Gasteiger partial charge is 0.458 e. The highest BCUT2D eigenvalue weighted by Gasteiger charge is 2.40. The number of nitrogens with zero attached hydrogens (tertiary/aromatic N) is 1. The van der Waals surface area contributed by atoms with Gasteiger partial charge in [-0.15, -0.1) is 0 Å². The van der Waals surface area contributed by atoms with Crippen LogP contribution in [-0.4, -0.2) is 11.7 Å². The molecule has 3 nitrogen and oxygen atoms in total. The predicted octanol–water partition coefficient (Wildman–Crippen LogP) is 6.30. The Kier molecular flexibility index (Phi) is 4.32. The number of pyridine rings is 1. The fourth-order valence-electron chi connectivity index (χ4n) is 5.71. The Morgan fingerprint density at radius 1 is 0.541 bits per heavy atom. The van der Waals surface area contributed by atoms with E-state index in [4.69, 9.17) is 9.47 Å². The molecule has 8 rings (SSSR count). The number of hydrogen-bond acceptors (Lipinski definition) is 3. The number of aromatic nitrogens is 1. The lowest BCUT2D eigenvalue weighted by Gasteiger charge is -2.34. The van der Waals surface area contributed by atoms with Crippen LogP contribution in [0.2, 0.25) is 0 Å². The molecule has 0 spiro atoms. The molecule has 5 aromatic carbocycles. The highest BCUT2D eigenvalue weighted by atomic mass is 16.5. The van der Waals surface area contributed by atoms with E-state index in [9.17, 15) is 0 Å². The highest BCUT2D eigenvalue weighted by molar-refractivity contribution is 6.98. The fraction of sp³-hybridized carbons (Fsp3) is 0. The second-order valence-electron chi connectivity index (χ2n) is 9.56. The van der Waals surface area contributed by atoms with E-state index in [1.807, 2.05) is 42.6 Å². The van der Waals surface area contributed by atoms with Crippen molar-refractivity contribution in [3.8, 4) is 45.3 Å². The Morgan fingerprint density at radius 3 is 2.14 bits per heavy atom. The molecule has 37 heavy (non-hydrogen) atoms. The highest BCUT2D eigenvalue weighted by Crippen LogP contribution is 2.41. The molecule has 4 heteroatoms.